The number of aromatic nitrogens is 2. The van der Waals surface area contributed by atoms with Crippen molar-refractivity contribution in [1.82, 2.24) is 9.97 Å². The van der Waals surface area contributed by atoms with E-state index in [-0.39, 0.29) is 0 Å². The number of anilines is 1. The first-order chi connectivity index (χ1) is 8.72. The highest BCUT2D eigenvalue weighted by Crippen LogP contribution is 2.17. The van der Waals surface area contributed by atoms with E-state index >= 15 is 0 Å². The van der Waals surface area contributed by atoms with E-state index in [1.807, 2.05) is 33.0 Å². The van der Waals surface area contributed by atoms with Gasteiger partial charge in [0.1, 0.15) is 5.75 Å². The van der Waals surface area contributed by atoms with Gasteiger partial charge in [0.25, 0.3) is 0 Å². The summed E-state index contributed by atoms with van der Waals surface area (Å²) < 4.78 is 5.42. The summed E-state index contributed by atoms with van der Waals surface area (Å²) in [5.41, 5.74) is 3.41. The van der Waals surface area contributed by atoms with Crippen molar-refractivity contribution in [2.75, 3.05) is 19.0 Å². The van der Waals surface area contributed by atoms with Gasteiger partial charge < -0.3 is 15.0 Å². The van der Waals surface area contributed by atoms with Crippen molar-refractivity contribution in [2.24, 2.45) is 0 Å². The van der Waals surface area contributed by atoms with Crippen molar-refractivity contribution in [1.29, 1.82) is 0 Å². The second kappa shape index (κ2) is 5.58. The Kier molecular flexibility index (Phi) is 3.87. The van der Waals surface area contributed by atoms with Crippen LogP contribution in [0.3, 0.4) is 0 Å². The molecule has 0 saturated heterocycles. The fourth-order valence-electron chi connectivity index (χ4n) is 1.85. The second-order valence-corrected chi connectivity index (χ2v) is 4.16. The predicted octanol–water partition coefficient (Wildman–Crippen LogP) is 2.75. The normalized spacial score (nSPS) is 10.4. The number of hydrogen-bond donors (Lipinski definition) is 2. The standard InChI is InChI=1S/C14H19N3O/c1-4-18-12-7-5-11(6-8-12)9-13-10(2)16-14(15-3)17-13/h5-8H,4,9H2,1-3H3,(H2,15,16,17). The Morgan fingerprint density at radius 2 is 2.00 bits per heavy atom. The number of ether oxygens (including phenoxy) is 1. The lowest BCUT2D eigenvalue weighted by Gasteiger charge is -2.04. The van der Waals surface area contributed by atoms with Gasteiger partial charge in [-0.25, -0.2) is 4.98 Å². The van der Waals surface area contributed by atoms with Crippen LogP contribution in [0.4, 0.5) is 5.95 Å². The van der Waals surface area contributed by atoms with Gasteiger partial charge in [-0.05, 0) is 31.5 Å². The number of aromatic amines is 1. The Bertz CT molecular complexity index is 502. The fourth-order valence-corrected chi connectivity index (χ4v) is 1.85. The number of benzene rings is 1. The number of imidazole rings is 1. The molecule has 0 atom stereocenters. The van der Waals surface area contributed by atoms with Gasteiger partial charge >= 0.3 is 0 Å². The SMILES string of the molecule is CCOc1ccc(Cc2nc(NC)[nH]c2C)cc1. The molecule has 2 rings (SSSR count). The van der Waals surface area contributed by atoms with Crippen LogP contribution in [0.5, 0.6) is 5.75 Å². The van der Waals surface area contributed by atoms with E-state index in [4.69, 9.17) is 4.74 Å². The molecule has 18 heavy (non-hydrogen) atoms. The number of nitrogens with zero attached hydrogens (tertiary/aromatic N) is 1. The van der Waals surface area contributed by atoms with Crippen molar-refractivity contribution < 1.29 is 4.74 Å². The molecular weight excluding hydrogens is 226 g/mol. The lowest BCUT2D eigenvalue weighted by atomic mass is 10.1. The molecule has 0 aliphatic rings. The van der Waals surface area contributed by atoms with Gasteiger partial charge in [0.05, 0.1) is 12.3 Å². The molecule has 0 unspecified atom stereocenters. The molecule has 0 bridgehead atoms. The molecule has 0 radical (unpaired) electrons. The molecule has 0 saturated carbocycles. The quantitative estimate of drug-likeness (QED) is 0.851. The zero-order valence-corrected chi connectivity index (χ0v) is 11.1. The summed E-state index contributed by atoms with van der Waals surface area (Å²) >= 11 is 0. The molecule has 1 aromatic heterocycles. The summed E-state index contributed by atoms with van der Waals surface area (Å²) in [7, 11) is 1.86. The molecule has 96 valence electrons. The average Bonchev–Trinajstić information content (AvgIpc) is 2.73. The first kappa shape index (κ1) is 12.5. The highest BCUT2D eigenvalue weighted by molar-refractivity contribution is 5.35. The van der Waals surface area contributed by atoms with Crippen LogP contribution in [0.2, 0.25) is 0 Å². The van der Waals surface area contributed by atoms with Crippen LogP contribution in [0.1, 0.15) is 23.9 Å². The molecule has 0 fully saturated rings. The lowest BCUT2D eigenvalue weighted by Crippen LogP contribution is -1.94. The van der Waals surface area contributed by atoms with Crippen LogP contribution >= 0.6 is 0 Å². The van der Waals surface area contributed by atoms with Crippen LogP contribution in [-0.2, 0) is 6.42 Å². The smallest absolute Gasteiger partial charge is 0.200 e. The van der Waals surface area contributed by atoms with Crippen LogP contribution in [-0.4, -0.2) is 23.6 Å². The Hall–Kier alpha value is -1.97. The lowest BCUT2D eigenvalue weighted by molar-refractivity contribution is 0.340. The van der Waals surface area contributed by atoms with Gasteiger partial charge in [0, 0.05) is 19.2 Å². The van der Waals surface area contributed by atoms with Crippen molar-refractivity contribution >= 4 is 5.95 Å². The summed E-state index contributed by atoms with van der Waals surface area (Å²) in [6, 6.07) is 8.16. The second-order valence-electron chi connectivity index (χ2n) is 4.16. The molecule has 4 nitrogen and oxygen atoms in total. The van der Waals surface area contributed by atoms with E-state index in [2.05, 4.69) is 27.4 Å². The summed E-state index contributed by atoms with van der Waals surface area (Å²) in [5.74, 6) is 1.73. The molecule has 0 aliphatic heterocycles. The third-order valence-electron chi connectivity index (χ3n) is 2.83. The van der Waals surface area contributed by atoms with E-state index < -0.39 is 0 Å². The summed E-state index contributed by atoms with van der Waals surface area (Å²) in [6.07, 6.45) is 0.830. The van der Waals surface area contributed by atoms with Gasteiger partial charge in [0.15, 0.2) is 5.95 Å². The first-order valence-corrected chi connectivity index (χ1v) is 6.18. The van der Waals surface area contributed by atoms with Gasteiger partial charge in [-0.15, -0.1) is 0 Å². The van der Waals surface area contributed by atoms with Gasteiger partial charge in [-0.1, -0.05) is 12.1 Å². The topological polar surface area (TPSA) is 49.9 Å². The van der Waals surface area contributed by atoms with E-state index in [9.17, 15) is 0 Å². The van der Waals surface area contributed by atoms with Crippen LogP contribution in [0.25, 0.3) is 0 Å². The third kappa shape index (κ3) is 2.83. The summed E-state index contributed by atoms with van der Waals surface area (Å²) in [4.78, 5) is 7.68. The van der Waals surface area contributed by atoms with E-state index in [0.717, 1.165) is 29.5 Å². The maximum atomic E-state index is 5.42. The highest BCUT2D eigenvalue weighted by atomic mass is 16.5. The number of H-pyrrole nitrogens is 1. The number of rotatable bonds is 5. The van der Waals surface area contributed by atoms with Crippen LogP contribution in [0.15, 0.2) is 24.3 Å². The maximum Gasteiger partial charge on any atom is 0.200 e. The van der Waals surface area contributed by atoms with E-state index in [1.165, 1.54) is 5.56 Å². The largest absolute Gasteiger partial charge is 0.494 e. The Morgan fingerprint density at radius 1 is 1.28 bits per heavy atom. The predicted molar refractivity (Wildman–Crippen MR) is 73.3 cm³/mol. The first-order valence-electron chi connectivity index (χ1n) is 6.18. The van der Waals surface area contributed by atoms with Crippen LogP contribution in [0, 0.1) is 6.92 Å². The number of aryl methyl sites for hydroxylation is 1. The molecule has 2 aromatic rings. The third-order valence-corrected chi connectivity index (χ3v) is 2.83. The molecule has 1 heterocycles. The van der Waals surface area contributed by atoms with Gasteiger partial charge in [0.2, 0.25) is 0 Å². The zero-order chi connectivity index (χ0) is 13.0. The van der Waals surface area contributed by atoms with Crippen molar-refractivity contribution in [3.05, 3.63) is 41.2 Å². The molecule has 2 N–H and O–H groups in total. The van der Waals surface area contributed by atoms with Crippen molar-refractivity contribution in [3.63, 3.8) is 0 Å². The minimum atomic E-state index is 0.698. The Labute approximate surface area is 107 Å². The van der Waals surface area contributed by atoms with Crippen molar-refractivity contribution in [2.45, 2.75) is 20.3 Å². The summed E-state index contributed by atoms with van der Waals surface area (Å²) in [5, 5.41) is 3.01. The zero-order valence-electron chi connectivity index (χ0n) is 11.1. The number of nitrogens with one attached hydrogen (secondary N) is 2. The Morgan fingerprint density at radius 3 is 2.56 bits per heavy atom. The molecule has 4 heteroatoms. The average molecular weight is 245 g/mol. The Balaban J connectivity index is 2.10. The summed E-state index contributed by atoms with van der Waals surface area (Å²) in [6.45, 7) is 4.72. The minimum Gasteiger partial charge on any atom is -0.494 e. The van der Waals surface area contributed by atoms with Crippen LogP contribution < -0.4 is 10.1 Å². The van der Waals surface area contributed by atoms with Gasteiger partial charge in [-0.3, -0.25) is 0 Å². The van der Waals surface area contributed by atoms with E-state index in [0.29, 0.717) is 6.61 Å². The monoisotopic (exact) mass is 245 g/mol. The minimum absolute atomic E-state index is 0.698. The van der Waals surface area contributed by atoms with Gasteiger partial charge in [-0.2, -0.15) is 0 Å². The fraction of sp³-hybridized carbons (Fsp3) is 0.357. The maximum absolute atomic E-state index is 5.42. The molecule has 1 aromatic carbocycles. The number of hydrogen-bond acceptors (Lipinski definition) is 3. The molecule has 0 amide bonds. The molecule has 0 spiro atoms. The molecule has 0 aliphatic carbocycles. The molecular formula is C14H19N3O. The van der Waals surface area contributed by atoms with E-state index in [1.54, 1.807) is 0 Å². The highest BCUT2D eigenvalue weighted by Gasteiger charge is 2.06. The van der Waals surface area contributed by atoms with Crippen molar-refractivity contribution in [3.8, 4) is 5.75 Å².